The molecule has 1 amide bonds. The normalized spacial score (nSPS) is 12.3. The number of fused-ring (bicyclic) bond motifs is 2. The van der Waals surface area contributed by atoms with Gasteiger partial charge in [-0.15, -0.1) is 0 Å². The van der Waals surface area contributed by atoms with Crippen LogP contribution in [0, 0.1) is 0 Å². The molecule has 0 saturated heterocycles. The van der Waals surface area contributed by atoms with E-state index in [9.17, 15) is 4.79 Å². The van der Waals surface area contributed by atoms with Gasteiger partial charge >= 0.3 is 0 Å². The summed E-state index contributed by atoms with van der Waals surface area (Å²) < 4.78 is 0. The maximum Gasteiger partial charge on any atom is 0.237 e. The molecule has 1 atom stereocenters. The number of carbonyl (C=O) groups excluding carboxylic acids is 1. The van der Waals surface area contributed by atoms with Crippen LogP contribution in [0.3, 0.4) is 0 Å². The standard InChI is InChI=1S/C21H20N4O/c22-19(11-16-6-3-5-15-4-1-2-7-18(15)16)21(26)25-13-14-10-17-8-9-23-20(17)24-12-14/h1-10,12,19H,11,13,22H2,(H,23,24)(H,25,26)/t19-/m0/s1. The summed E-state index contributed by atoms with van der Waals surface area (Å²) in [6, 6.07) is 17.6. The van der Waals surface area contributed by atoms with Gasteiger partial charge in [-0.3, -0.25) is 4.79 Å². The minimum atomic E-state index is -0.593. The maximum absolute atomic E-state index is 12.4. The summed E-state index contributed by atoms with van der Waals surface area (Å²) in [4.78, 5) is 19.8. The fourth-order valence-electron chi connectivity index (χ4n) is 3.20. The maximum atomic E-state index is 12.4. The molecule has 0 aliphatic heterocycles. The lowest BCUT2D eigenvalue weighted by Crippen LogP contribution is -2.41. The number of carbonyl (C=O) groups is 1. The Labute approximate surface area is 151 Å². The zero-order valence-corrected chi connectivity index (χ0v) is 14.3. The van der Waals surface area contributed by atoms with Crippen molar-refractivity contribution in [1.82, 2.24) is 15.3 Å². The van der Waals surface area contributed by atoms with Crippen LogP contribution >= 0.6 is 0 Å². The van der Waals surface area contributed by atoms with Gasteiger partial charge in [-0.1, -0.05) is 42.5 Å². The molecule has 26 heavy (non-hydrogen) atoms. The highest BCUT2D eigenvalue weighted by molar-refractivity contribution is 5.87. The quantitative estimate of drug-likeness (QED) is 0.520. The zero-order valence-electron chi connectivity index (χ0n) is 14.3. The summed E-state index contributed by atoms with van der Waals surface area (Å²) in [5.74, 6) is -0.160. The molecule has 2 heterocycles. The van der Waals surface area contributed by atoms with Crippen molar-refractivity contribution >= 4 is 27.7 Å². The summed E-state index contributed by atoms with van der Waals surface area (Å²) >= 11 is 0. The van der Waals surface area contributed by atoms with Crippen LogP contribution in [0.1, 0.15) is 11.1 Å². The van der Waals surface area contributed by atoms with Crippen molar-refractivity contribution in [3.63, 3.8) is 0 Å². The Morgan fingerprint density at radius 1 is 1.12 bits per heavy atom. The summed E-state index contributed by atoms with van der Waals surface area (Å²) in [6.45, 7) is 0.413. The Morgan fingerprint density at radius 2 is 1.96 bits per heavy atom. The molecule has 0 aliphatic rings. The van der Waals surface area contributed by atoms with E-state index in [1.807, 2.05) is 42.6 Å². The third-order valence-electron chi connectivity index (χ3n) is 4.58. The highest BCUT2D eigenvalue weighted by atomic mass is 16.2. The summed E-state index contributed by atoms with van der Waals surface area (Å²) in [5, 5.41) is 6.23. The van der Waals surface area contributed by atoms with Crippen LogP contribution in [0.25, 0.3) is 21.8 Å². The first kappa shape index (κ1) is 16.3. The van der Waals surface area contributed by atoms with Crippen molar-refractivity contribution in [2.75, 3.05) is 0 Å². The number of aromatic amines is 1. The molecule has 4 aromatic rings. The van der Waals surface area contributed by atoms with Gasteiger partial charge in [-0.2, -0.15) is 0 Å². The Morgan fingerprint density at radius 3 is 2.88 bits per heavy atom. The summed E-state index contributed by atoms with van der Waals surface area (Å²) in [6.07, 6.45) is 4.11. The van der Waals surface area contributed by atoms with Gasteiger partial charge in [0.05, 0.1) is 6.04 Å². The van der Waals surface area contributed by atoms with Gasteiger partial charge in [-0.25, -0.2) is 4.98 Å². The van der Waals surface area contributed by atoms with Crippen LogP contribution in [0.4, 0.5) is 0 Å². The number of rotatable bonds is 5. The van der Waals surface area contributed by atoms with E-state index in [-0.39, 0.29) is 5.91 Å². The largest absolute Gasteiger partial charge is 0.351 e. The van der Waals surface area contributed by atoms with Gasteiger partial charge in [0.25, 0.3) is 0 Å². The second-order valence-corrected chi connectivity index (χ2v) is 6.43. The van der Waals surface area contributed by atoms with E-state index in [1.165, 1.54) is 0 Å². The molecule has 0 saturated carbocycles. The smallest absolute Gasteiger partial charge is 0.237 e. The molecule has 5 heteroatoms. The van der Waals surface area contributed by atoms with Gasteiger partial charge in [0.2, 0.25) is 5.91 Å². The third-order valence-corrected chi connectivity index (χ3v) is 4.58. The number of amides is 1. The lowest BCUT2D eigenvalue weighted by atomic mass is 9.99. The van der Waals surface area contributed by atoms with Crippen LogP contribution in [-0.2, 0) is 17.8 Å². The van der Waals surface area contributed by atoms with E-state index >= 15 is 0 Å². The predicted octanol–water partition coefficient (Wildman–Crippen LogP) is 2.90. The molecule has 0 aliphatic carbocycles. The number of nitrogens with two attached hydrogens (primary N) is 1. The van der Waals surface area contributed by atoms with E-state index in [4.69, 9.17) is 5.73 Å². The summed E-state index contributed by atoms with van der Waals surface area (Å²) in [5.41, 5.74) is 9.02. The first-order chi connectivity index (χ1) is 12.7. The number of nitrogens with zero attached hydrogens (tertiary/aromatic N) is 1. The van der Waals surface area contributed by atoms with Crippen LogP contribution in [-0.4, -0.2) is 21.9 Å². The molecule has 0 bridgehead atoms. The Kier molecular flexibility index (Phi) is 4.37. The Bertz CT molecular complexity index is 1060. The predicted molar refractivity (Wildman–Crippen MR) is 104 cm³/mol. The number of nitrogens with one attached hydrogen (secondary N) is 2. The van der Waals surface area contributed by atoms with Crippen LogP contribution in [0.15, 0.2) is 67.0 Å². The van der Waals surface area contributed by atoms with E-state index in [0.717, 1.165) is 32.9 Å². The molecule has 0 unspecified atom stereocenters. The zero-order chi connectivity index (χ0) is 17.9. The van der Waals surface area contributed by atoms with Crippen LogP contribution in [0.5, 0.6) is 0 Å². The molecule has 130 valence electrons. The lowest BCUT2D eigenvalue weighted by molar-refractivity contribution is -0.122. The molecule has 2 aromatic heterocycles. The summed E-state index contributed by atoms with van der Waals surface area (Å²) in [7, 11) is 0. The van der Waals surface area contributed by atoms with Crippen molar-refractivity contribution < 1.29 is 4.79 Å². The Balaban J connectivity index is 1.42. The second-order valence-electron chi connectivity index (χ2n) is 6.43. The highest BCUT2D eigenvalue weighted by Crippen LogP contribution is 2.19. The molecule has 0 fully saturated rings. The van der Waals surface area contributed by atoms with Gasteiger partial charge < -0.3 is 16.0 Å². The molecule has 0 radical (unpaired) electrons. The molecule has 0 spiro atoms. The molecule has 5 nitrogen and oxygen atoms in total. The van der Waals surface area contributed by atoms with E-state index in [1.54, 1.807) is 6.20 Å². The number of benzene rings is 2. The van der Waals surface area contributed by atoms with Crippen molar-refractivity contribution in [2.24, 2.45) is 5.73 Å². The highest BCUT2D eigenvalue weighted by Gasteiger charge is 2.15. The third kappa shape index (κ3) is 3.30. The van der Waals surface area contributed by atoms with Gasteiger partial charge in [0.15, 0.2) is 0 Å². The van der Waals surface area contributed by atoms with Crippen LogP contribution < -0.4 is 11.1 Å². The monoisotopic (exact) mass is 344 g/mol. The Hall–Kier alpha value is -3.18. The van der Waals surface area contributed by atoms with E-state index in [0.29, 0.717) is 13.0 Å². The first-order valence-corrected chi connectivity index (χ1v) is 8.62. The molecular weight excluding hydrogens is 324 g/mol. The molecule has 4 N–H and O–H groups in total. The van der Waals surface area contributed by atoms with Crippen molar-refractivity contribution in [2.45, 2.75) is 19.0 Å². The number of aromatic nitrogens is 2. The SMILES string of the molecule is N[C@@H](Cc1cccc2ccccc12)C(=O)NCc1cnc2[nH]ccc2c1. The van der Waals surface area contributed by atoms with Gasteiger partial charge in [0, 0.05) is 24.3 Å². The molecule has 2 aromatic carbocycles. The topological polar surface area (TPSA) is 83.8 Å². The average molecular weight is 344 g/mol. The minimum Gasteiger partial charge on any atom is -0.351 e. The molecular formula is C21H20N4O. The van der Waals surface area contributed by atoms with Crippen molar-refractivity contribution in [3.8, 4) is 0 Å². The van der Waals surface area contributed by atoms with Gasteiger partial charge in [-0.05, 0) is 40.5 Å². The van der Waals surface area contributed by atoms with E-state index in [2.05, 4.69) is 33.5 Å². The number of H-pyrrole nitrogens is 1. The van der Waals surface area contributed by atoms with Crippen molar-refractivity contribution in [3.05, 3.63) is 78.1 Å². The van der Waals surface area contributed by atoms with E-state index < -0.39 is 6.04 Å². The van der Waals surface area contributed by atoms with Gasteiger partial charge in [0.1, 0.15) is 5.65 Å². The van der Waals surface area contributed by atoms with Crippen LogP contribution in [0.2, 0.25) is 0 Å². The minimum absolute atomic E-state index is 0.160. The van der Waals surface area contributed by atoms with Crippen molar-refractivity contribution in [1.29, 1.82) is 0 Å². The average Bonchev–Trinajstić information content (AvgIpc) is 3.14. The fraction of sp³-hybridized carbons (Fsp3) is 0.143. The number of hydrogen-bond acceptors (Lipinski definition) is 3. The number of hydrogen-bond donors (Lipinski definition) is 3. The molecule has 4 rings (SSSR count). The fourth-order valence-corrected chi connectivity index (χ4v) is 3.20. The second kappa shape index (κ2) is 6.98. The number of pyridine rings is 1. The lowest BCUT2D eigenvalue weighted by Gasteiger charge is -2.14. The first-order valence-electron chi connectivity index (χ1n) is 8.62.